The van der Waals surface area contributed by atoms with E-state index < -0.39 is 23.9 Å². The Morgan fingerprint density at radius 1 is 1.37 bits per heavy atom. The van der Waals surface area contributed by atoms with E-state index in [1.165, 1.54) is 10.8 Å². The van der Waals surface area contributed by atoms with Gasteiger partial charge in [0.1, 0.15) is 10.4 Å². The first kappa shape index (κ1) is 22.4. The summed E-state index contributed by atoms with van der Waals surface area (Å²) in [6, 6.07) is 3.15. The molecule has 2 heterocycles. The molecule has 0 saturated heterocycles. The van der Waals surface area contributed by atoms with Crippen LogP contribution < -0.4 is 11.4 Å². The lowest BCUT2D eigenvalue weighted by atomic mass is 10.2. The molecule has 0 fully saturated rings. The van der Waals surface area contributed by atoms with Crippen molar-refractivity contribution in [3.63, 3.8) is 0 Å². The Bertz CT molecular complexity index is 889. The van der Waals surface area contributed by atoms with Gasteiger partial charge < -0.3 is 10.8 Å². The van der Waals surface area contributed by atoms with Crippen LogP contribution in [-0.2, 0) is 11.2 Å². The lowest BCUT2D eigenvalue weighted by molar-refractivity contribution is -0.192. The predicted molar refractivity (Wildman–Crippen MR) is 85.4 cm³/mol. The fraction of sp³-hybridized carbons (Fsp3) is 0.231. The number of carboxylic acid groups (broad SMARTS) is 1. The number of nitrogens with one attached hydrogen (secondary N) is 1. The topological polar surface area (TPSA) is 127 Å². The van der Waals surface area contributed by atoms with Gasteiger partial charge in [-0.05, 0) is 28.1 Å². The Morgan fingerprint density at radius 2 is 1.96 bits per heavy atom. The van der Waals surface area contributed by atoms with E-state index >= 15 is 0 Å². The van der Waals surface area contributed by atoms with Crippen LogP contribution >= 0.6 is 15.9 Å². The van der Waals surface area contributed by atoms with Gasteiger partial charge in [-0.25, -0.2) is 24.2 Å². The number of hydrogen-bond acceptors (Lipinski definition) is 5. The van der Waals surface area contributed by atoms with Crippen molar-refractivity contribution in [2.45, 2.75) is 12.6 Å². The Morgan fingerprint density at radius 3 is 2.41 bits per heavy atom. The number of aliphatic carboxylic acids is 1. The average Bonchev–Trinajstić information content (AvgIpc) is 2.92. The summed E-state index contributed by atoms with van der Waals surface area (Å²) < 4.78 is 58.7. The van der Waals surface area contributed by atoms with E-state index in [0.29, 0.717) is 10.3 Å². The minimum atomic E-state index is -5.08. The van der Waals surface area contributed by atoms with Gasteiger partial charge >= 0.3 is 17.8 Å². The van der Waals surface area contributed by atoms with Crippen LogP contribution in [0, 0.1) is 0 Å². The number of H-pyrrole nitrogens is 1. The number of nitrogens with zero attached hydrogens (tertiary/aromatic N) is 3. The highest BCUT2D eigenvalue weighted by Gasteiger charge is 2.38. The van der Waals surface area contributed by atoms with Crippen molar-refractivity contribution in [2.24, 2.45) is 5.73 Å². The summed E-state index contributed by atoms with van der Waals surface area (Å²) >= 11 is 3.18. The minimum absolute atomic E-state index is 0.154. The molecule has 0 aliphatic rings. The Labute approximate surface area is 155 Å². The average molecular weight is 460 g/mol. The number of aromatic amines is 1. The molecular formula is C13H11BrF5N5O3. The molecule has 0 radical (unpaired) electrons. The van der Waals surface area contributed by atoms with Crippen molar-refractivity contribution in [3.05, 3.63) is 50.9 Å². The molecule has 0 aliphatic carbocycles. The molecule has 0 aromatic carbocycles. The summed E-state index contributed by atoms with van der Waals surface area (Å²) in [5.74, 6) is -2.60. The molecule has 0 unspecified atom stereocenters. The number of hydrogen-bond donors (Lipinski definition) is 3. The van der Waals surface area contributed by atoms with Gasteiger partial charge in [0.2, 0.25) is 0 Å². The van der Waals surface area contributed by atoms with Crippen molar-refractivity contribution in [1.29, 1.82) is 0 Å². The SMILES string of the molecule is NCC(Cc1n[nH]c(=O)n1-c1ccnc(Br)c1)=C(F)F.O=C(O)C(F)(F)F. The molecule has 148 valence electrons. The molecule has 0 atom stereocenters. The van der Waals surface area contributed by atoms with Crippen molar-refractivity contribution in [1.82, 2.24) is 19.7 Å². The Kier molecular flexibility index (Phi) is 7.78. The number of aromatic nitrogens is 4. The van der Waals surface area contributed by atoms with Gasteiger partial charge in [0.15, 0.2) is 0 Å². The number of halogens is 6. The van der Waals surface area contributed by atoms with E-state index in [-0.39, 0.29) is 24.4 Å². The first-order valence-electron chi connectivity index (χ1n) is 6.78. The maximum Gasteiger partial charge on any atom is 0.490 e. The van der Waals surface area contributed by atoms with Gasteiger partial charge in [0, 0.05) is 24.7 Å². The fourth-order valence-corrected chi connectivity index (χ4v) is 2.01. The molecule has 0 amide bonds. The third kappa shape index (κ3) is 6.56. The lowest BCUT2D eigenvalue weighted by Gasteiger charge is -2.07. The van der Waals surface area contributed by atoms with Gasteiger partial charge in [0.25, 0.3) is 6.08 Å². The van der Waals surface area contributed by atoms with E-state index in [9.17, 15) is 26.7 Å². The van der Waals surface area contributed by atoms with Crippen LogP contribution in [-0.4, -0.2) is 43.5 Å². The van der Waals surface area contributed by atoms with Gasteiger partial charge in [-0.1, -0.05) is 0 Å². The van der Waals surface area contributed by atoms with Crippen LogP contribution in [0.5, 0.6) is 0 Å². The van der Waals surface area contributed by atoms with Crippen LogP contribution in [0.15, 0.2) is 39.4 Å². The molecule has 8 nitrogen and oxygen atoms in total. The molecule has 2 aromatic heterocycles. The summed E-state index contributed by atoms with van der Waals surface area (Å²) in [6.45, 7) is -0.302. The van der Waals surface area contributed by atoms with Gasteiger partial charge in [-0.3, -0.25) is 0 Å². The number of carbonyl (C=O) groups is 1. The molecule has 0 bridgehead atoms. The molecule has 4 N–H and O–H groups in total. The summed E-state index contributed by atoms with van der Waals surface area (Å²) in [5.41, 5.74) is 4.94. The number of rotatable bonds is 4. The highest BCUT2D eigenvalue weighted by Crippen LogP contribution is 2.16. The number of pyridine rings is 1. The van der Waals surface area contributed by atoms with E-state index in [2.05, 4.69) is 31.1 Å². The summed E-state index contributed by atoms with van der Waals surface area (Å²) in [6.07, 6.45) is -5.67. The number of carboxylic acids is 1. The summed E-state index contributed by atoms with van der Waals surface area (Å²) in [5, 5.41) is 13.1. The van der Waals surface area contributed by atoms with Gasteiger partial charge in [0.05, 0.1) is 5.69 Å². The van der Waals surface area contributed by atoms with Gasteiger partial charge in [-0.15, -0.1) is 0 Å². The fourth-order valence-electron chi connectivity index (χ4n) is 1.65. The minimum Gasteiger partial charge on any atom is -0.475 e. The standard InChI is InChI=1S/C11H10BrF2N5O.C2HF3O2/c12-8-4-7(1-2-16-8)19-9(17-18-11(19)20)3-6(5-15)10(13)14;3-2(4,5)1(6)7/h1-2,4H,3,5,15H2,(H,18,20);(H,6,7). The van der Waals surface area contributed by atoms with Crippen LogP contribution in [0.4, 0.5) is 22.0 Å². The van der Waals surface area contributed by atoms with Crippen LogP contribution in [0.1, 0.15) is 5.82 Å². The van der Waals surface area contributed by atoms with Crippen molar-refractivity contribution in [2.75, 3.05) is 6.54 Å². The Hall–Kier alpha value is -2.61. The molecular weight excluding hydrogens is 449 g/mol. The van der Waals surface area contributed by atoms with Crippen molar-refractivity contribution < 1.29 is 31.9 Å². The molecule has 0 spiro atoms. The van der Waals surface area contributed by atoms with Gasteiger partial charge in [-0.2, -0.15) is 27.1 Å². The van der Waals surface area contributed by atoms with Crippen molar-refractivity contribution in [3.8, 4) is 5.69 Å². The highest BCUT2D eigenvalue weighted by molar-refractivity contribution is 9.10. The first-order chi connectivity index (χ1) is 12.5. The van der Waals surface area contributed by atoms with E-state index in [0.717, 1.165) is 0 Å². The highest BCUT2D eigenvalue weighted by atomic mass is 79.9. The third-order valence-electron chi connectivity index (χ3n) is 2.84. The summed E-state index contributed by atoms with van der Waals surface area (Å²) in [4.78, 5) is 24.6. The second-order valence-electron chi connectivity index (χ2n) is 4.66. The zero-order chi connectivity index (χ0) is 20.8. The second kappa shape index (κ2) is 9.36. The largest absolute Gasteiger partial charge is 0.490 e. The maximum absolute atomic E-state index is 12.6. The third-order valence-corrected chi connectivity index (χ3v) is 3.27. The molecule has 27 heavy (non-hydrogen) atoms. The molecule has 2 rings (SSSR count). The maximum atomic E-state index is 12.6. The van der Waals surface area contributed by atoms with Crippen molar-refractivity contribution >= 4 is 21.9 Å². The number of alkyl halides is 3. The zero-order valence-electron chi connectivity index (χ0n) is 13.1. The monoisotopic (exact) mass is 459 g/mol. The predicted octanol–water partition coefficient (Wildman–Crippen LogP) is 2.00. The second-order valence-corrected chi connectivity index (χ2v) is 5.48. The normalized spacial score (nSPS) is 10.8. The molecule has 14 heteroatoms. The Balaban J connectivity index is 0.000000445. The first-order valence-corrected chi connectivity index (χ1v) is 7.58. The van der Waals surface area contributed by atoms with E-state index in [1.54, 1.807) is 12.1 Å². The van der Waals surface area contributed by atoms with Crippen LogP contribution in [0.2, 0.25) is 0 Å². The quantitative estimate of drug-likeness (QED) is 0.474. The van der Waals surface area contributed by atoms with Crippen LogP contribution in [0.25, 0.3) is 5.69 Å². The molecule has 0 aliphatic heterocycles. The number of nitrogens with two attached hydrogens (primary N) is 1. The van der Waals surface area contributed by atoms with E-state index in [1.807, 2.05) is 0 Å². The molecule has 2 aromatic rings. The van der Waals surface area contributed by atoms with Crippen LogP contribution in [0.3, 0.4) is 0 Å². The van der Waals surface area contributed by atoms with E-state index in [4.69, 9.17) is 15.6 Å². The smallest absolute Gasteiger partial charge is 0.475 e. The summed E-state index contributed by atoms with van der Waals surface area (Å²) in [7, 11) is 0. The molecule has 0 saturated carbocycles. The zero-order valence-corrected chi connectivity index (χ0v) is 14.7. The lowest BCUT2D eigenvalue weighted by Crippen LogP contribution is -2.21.